The van der Waals surface area contributed by atoms with Crippen LogP contribution in [0.15, 0.2) is 230 Å². The molecule has 65 heavy (non-hydrogen) atoms. The van der Waals surface area contributed by atoms with Crippen molar-refractivity contribution in [1.82, 2.24) is 19.9 Å². The number of hydrogen-bond acceptors (Lipinski definition) is 6. The summed E-state index contributed by atoms with van der Waals surface area (Å²) in [5.74, 6) is 0.642. The Kier molecular flexibility index (Phi) is 10.9. The minimum absolute atomic E-state index is 0.238. The molecule has 0 fully saturated rings. The van der Waals surface area contributed by atoms with Gasteiger partial charge in [-0.1, -0.05) is 201 Å². The van der Waals surface area contributed by atoms with Crippen molar-refractivity contribution in [1.29, 1.82) is 0 Å². The van der Waals surface area contributed by atoms with Crippen LogP contribution >= 0.6 is 0 Å². The summed E-state index contributed by atoms with van der Waals surface area (Å²) >= 11 is 0. The van der Waals surface area contributed by atoms with E-state index in [1.165, 1.54) is 0 Å². The lowest BCUT2D eigenvalue weighted by molar-refractivity contribution is 0.0982. The van der Waals surface area contributed by atoms with Gasteiger partial charge in [0, 0.05) is 55.7 Å². The molecule has 0 N–H and O–H groups in total. The molecule has 0 bridgehead atoms. The van der Waals surface area contributed by atoms with E-state index in [0.29, 0.717) is 45.0 Å². The largest absolute Gasteiger partial charge is 0.289 e. The predicted molar refractivity (Wildman–Crippen MR) is 262 cm³/mol. The van der Waals surface area contributed by atoms with Crippen LogP contribution in [0.25, 0.3) is 84.5 Å². The number of Topliss-reactive ketones (excluding diaryl/α,β-unsaturated/α-hetero) is 2. The summed E-state index contributed by atoms with van der Waals surface area (Å²) in [6, 6.07) is 65.2. The Bertz CT molecular complexity index is 3230. The number of aromatic nitrogens is 4. The van der Waals surface area contributed by atoms with Gasteiger partial charge >= 0.3 is 0 Å². The minimum Gasteiger partial charge on any atom is -0.289 e. The third-order valence-electron chi connectivity index (χ3n) is 11.6. The molecule has 1 aliphatic carbocycles. The highest BCUT2D eigenvalue weighted by atomic mass is 16.1. The van der Waals surface area contributed by atoms with E-state index < -0.39 is 0 Å². The Morgan fingerprint density at radius 1 is 0.415 bits per heavy atom. The molecular weight excluding hydrogens is 797 g/mol. The zero-order valence-electron chi connectivity index (χ0n) is 35.5. The molecule has 7 aromatic carbocycles. The van der Waals surface area contributed by atoms with E-state index in [1.54, 1.807) is 18.2 Å². The number of carbonyl (C=O) groups is 2. The topological polar surface area (TPSA) is 85.7 Å². The zero-order valence-corrected chi connectivity index (χ0v) is 35.5. The van der Waals surface area contributed by atoms with Crippen LogP contribution in [0.3, 0.4) is 0 Å². The fourth-order valence-electron chi connectivity index (χ4n) is 8.33. The van der Waals surface area contributed by atoms with Crippen LogP contribution in [-0.4, -0.2) is 31.5 Å². The zero-order chi connectivity index (χ0) is 44.3. The second kappa shape index (κ2) is 17.6. The van der Waals surface area contributed by atoms with Gasteiger partial charge in [-0.25, -0.2) is 19.9 Å². The van der Waals surface area contributed by atoms with Crippen molar-refractivity contribution in [2.75, 3.05) is 0 Å². The van der Waals surface area contributed by atoms with Crippen LogP contribution in [0.2, 0.25) is 0 Å². The van der Waals surface area contributed by atoms with Crippen LogP contribution in [-0.2, 0) is 0 Å². The maximum Gasteiger partial charge on any atom is 0.195 e. The molecule has 9 aromatic rings. The number of ketones is 2. The summed E-state index contributed by atoms with van der Waals surface area (Å²) in [6.45, 7) is 6.33. The van der Waals surface area contributed by atoms with Crippen LogP contribution in [0.5, 0.6) is 0 Å². The minimum atomic E-state index is -0.271. The van der Waals surface area contributed by atoms with Gasteiger partial charge in [-0.2, -0.15) is 0 Å². The quantitative estimate of drug-likeness (QED) is 0.136. The van der Waals surface area contributed by atoms with E-state index in [4.69, 9.17) is 19.9 Å². The first-order chi connectivity index (χ1) is 31.9. The lowest BCUT2D eigenvalue weighted by atomic mass is 9.77. The van der Waals surface area contributed by atoms with E-state index in [2.05, 4.69) is 6.58 Å². The number of allylic oxidation sites excluding steroid dienone is 5. The Morgan fingerprint density at radius 3 is 1.34 bits per heavy atom. The molecule has 0 spiro atoms. The summed E-state index contributed by atoms with van der Waals surface area (Å²) in [7, 11) is 0. The lowest BCUT2D eigenvalue weighted by Gasteiger charge is -2.24. The highest BCUT2D eigenvalue weighted by Gasteiger charge is 2.35. The van der Waals surface area contributed by atoms with Crippen molar-refractivity contribution in [2.45, 2.75) is 6.92 Å². The Balaban J connectivity index is 1.02. The Hall–Kier alpha value is -8.74. The van der Waals surface area contributed by atoms with Crippen LogP contribution in [0.4, 0.5) is 0 Å². The van der Waals surface area contributed by atoms with Crippen molar-refractivity contribution in [3.8, 4) is 78.9 Å². The average molecular weight is 837 g/mol. The van der Waals surface area contributed by atoms with Crippen molar-refractivity contribution < 1.29 is 9.59 Å². The van der Waals surface area contributed by atoms with Gasteiger partial charge in [0.2, 0.25) is 0 Å². The first-order valence-electron chi connectivity index (χ1n) is 21.4. The molecule has 308 valence electrons. The number of hydrogen-bond donors (Lipinski definition) is 0. The normalized spacial score (nSPS) is 12.4. The summed E-state index contributed by atoms with van der Waals surface area (Å²) in [5.41, 5.74) is 12.4. The monoisotopic (exact) mass is 836 g/mol. The first-order valence-corrected chi connectivity index (χ1v) is 21.4. The molecule has 0 radical (unpaired) electrons. The van der Waals surface area contributed by atoms with E-state index >= 15 is 4.79 Å². The fraction of sp³-hybridized carbons (Fsp3) is 0.0169. The van der Waals surface area contributed by atoms with Crippen LogP contribution < -0.4 is 0 Å². The Labute approximate surface area is 377 Å². The van der Waals surface area contributed by atoms with E-state index in [1.807, 2.05) is 201 Å². The molecule has 6 nitrogen and oxygen atoms in total. The molecule has 0 unspecified atom stereocenters. The van der Waals surface area contributed by atoms with Gasteiger partial charge in [-0.05, 0) is 47.4 Å². The number of carbonyl (C=O) groups excluding carboxylic acids is 2. The second-order valence-corrected chi connectivity index (χ2v) is 15.7. The van der Waals surface area contributed by atoms with Gasteiger partial charge in [0.1, 0.15) is 0 Å². The fourth-order valence-corrected chi connectivity index (χ4v) is 8.33. The van der Waals surface area contributed by atoms with Gasteiger partial charge in [0.15, 0.2) is 23.2 Å². The highest BCUT2D eigenvalue weighted by molar-refractivity contribution is 6.34. The number of fused-ring (bicyclic) bond motifs is 1. The third-order valence-corrected chi connectivity index (χ3v) is 11.6. The lowest BCUT2D eigenvalue weighted by Crippen LogP contribution is -2.23. The second-order valence-electron chi connectivity index (χ2n) is 15.7. The number of benzene rings is 7. The number of nitrogens with zero attached hydrogens (tertiary/aromatic N) is 4. The van der Waals surface area contributed by atoms with Crippen LogP contribution in [0.1, 0.15) is 33.2 Å². The van der Waals surface area contributed by atoms with E-state index in [-0.39, 0.29) is 17.1 Å². The van der Waals surface area contributed by atoms with E-state index in [9.17, 15) is 4.79 Å². The molecule has 10 rings (SSSR count). The molecule has 2 heterocycles. The van der Waals surface area contributed by atoms with Crippen molar-refractivity contribution in [3.63, 3.8) is 0 Å². The van der Waals surface area contributed by atoms with Gasteiger partial charge in [0.25, 0.3) is 0 Å². The predicted octanol–water partition coefficient (Wildman–Crippen LogP) is 13.9. The highest BCUT2D eigenvalue weighted by Crippen LogP contribution is 2.40. The molecule has 0 saturated carbocycles. The summed E-state index contributed by atoms with van der Waals surface area (Å²) in [6.07, 6.45) is 3.49. The van der Waals surface area contributed by atoms with Gasteiger partial charge in [-0.3, -0.25) is 9.59 Å². The van der Waals surface area contributed by atoms with Crippen LogP contribution in [0, 0.1) is 0 Å². The molecule has 0 aliphatic heterocycles. The maximum atomic E-state index is 15.1. The smallest absolute Gasteiger partial charge is 0.195 e. The van der Waals surface area contributed by atoms with Crippen molar-refractivity contribution in [3.05, 3.63) is 247 Å². The van der Waals surface area contributed by atoms with Gasteiger partial charge in [0.05, 0.1) is 22.8 Å². The number of rotatable bonds is 10. The summed E-state index contributed by atoms with van der Waals surface area (Å²) in [5, 5.41) is 0. The summed E-state index contributed by atoms with van der Waals surface area (Å²) < 4.78 is 0. The Morgan fingerprint density at radius 2 is 0.831 bits per heavy atom. The molecule has 0 atom stereocenters. The van der Waals surface area contributed by atoms with Gasteiger partial charge < -0.3 is 0 Å². The first kappa shape index (κ1) is 40.3. The van der Waals surface area contributed by atoms with E-state index in [0.717, 1.165) is 61.7 Å². The van der Waals surface area contributed by atoms with Crippen molar-refractivity contribution >= 4 is 17.1 Å². The SMILES string of the molecule is C=C(C1=C(/C=C\C)C(=O)c2cccc(-c3ccc(-c4cc(-c5ccccc5)nc(-c5ccccc5)n4)cc3)c2C1=O)c1cccc(-c2nc(-c3ccccc3)cc(-c3ccccc3)n2)c1. The van der Waals surface area contributed by atoms with Gasteiger partial charge in [-0.15, -0.1) is 0 Å². The molecule has 0 saturated heterocycles. The summed E-state index contributed by atoms with van der Waals surface area (Å²) in [4.78, 5) is 49.6. The maximum absolute atomic E-state index is 15.1. The molecular formula is C59H40N4O2. The molecule has 1 aliphatic rings. The molecule has 0 amide bonds. The van der Waals surface area contributed by atoms with Crippen molar-refractivity contribution in [2.24, 2.45) is 0 Å². The third kappa shape index (κ3) is 7.97. The average Bonchev–Trinajstić information content (AvgIpc) is 3.38. The standard InChI is InChI=1S/C59H40N4O2/c1-3-18-48-54(38(2)45-27-16-28-46(35-45)59-62-51(41-21-10-5-11-22-41)36-52(63-59)42-23-12-6-13-24-42)57(65)55-47(29-17-30-49(55)56(48)64)39-31-33-43(34-32-39)53-37-50(40-19-8-4-9-20-40)60-58(61-53)44-25-14-7-15-26-44/h3-37H,2H2,1H3/b18-3-. The molecule has 6 heteroatoms. The molecule has 2 aromatic heterocycles.